The molecule has 0 aliphatic carbocycles. The second kappa shape index (κ2) is 7.29. The van der Waals surface area contributed by atoms with E-state index < -0.39 is 5.97 Å². The average Bonchev–Trinajstić information content (AvgIpc) is 2.62. The molecule has 1 aromatic carbocycles. The molecule has 2 aromatic rings. The molecule has 2 heterocycles. The first-order chi connectivity index (χ1) is 11.7. The number of aromatic carboxylic acids is 1. The molecule has 3 rings (SSSR count). The summed E-state index contributed by atoms with van der Waals surface area (Å²) in [5, 5.41) is 12.3. The third-order valence-corrected chi connectivity index (χ3v) is 4.43. The Morgan fingerprint density at radius 3 is 3.00 bits per heavy atom. The Morgan fingerprint density at radius 2 is 2.21 bits per heavy atom. The van der Waals surface area contributed by atoms with E-state index in [4.69, 9.17) is 5.11 Å². The lowest BCUT2D eigenvalue weighted by atomic mass is 10.0. The third-order valence-electron chi connectivity index (χ3n) is 4.43. The third kappa shape index (κ3) is 3.64. The maximum absolute atomic E-state index is 11.1. The summed E-state index contributed by atoms with van der Waals surface area (Å²) < 4.78 is 0. The van der Waals surface area contributed by atoms with Gasteiger partial charge in [0.2, 0.25) is 0 Å². The number of carbonyl (C=O) groups is 1. The van der Waals surface area contributed by atoms with Gasteiger partial charge in [0.15, 0.2) is 0 Å². The van der Waals surface area contributed by atoms with E-state index in [1.807, 2.05) is 12.1 Å². The number of nitrogens with one attached hydrogen (secondary N) is 1. The molecule has 0 saturated carbocycles. The molecular weight excluding hydrogens is 304 g/mol. The molecule has 1 aliphatic heterocycles. The summed E-state index contributed by atoms with van der Waals surface area (Å²) in [6, 6.07) is 9.16. The van der Waals surface area contributed by atoms with E-state index >= 15 is 0 Å². The van der Waals surface area contributed by atoms with Gasteiger partial charge in [-0.3, -0.25) is 0 Å². The van der Waals surface area contributed by atoms with E-state index in [0.717, 1.165) is 18.8 Å². The zero-order valence-corrected chi connectivity index (χ0v) is 13.8. The Balaban J connectivity index is 1.80. The fourth-order valence-electron chi connectivity index (χ4n) is 3.18. The fourth-order valence-corrected chi connectivity index (χ4v) is 3.18. The number of anilines is 3. The van der Waals surface area contributed by atoms with Crippen molar-refractivity contribution in [3.8, 4) is 0 Å². The largest absolute Gasteiger partial charge is 0.478 e. The molecule has 1 aromatic heterocycles. The van der Waals surface area contributed by atoms with Gasteiger partial charge in [-0.05, 0) is 43.9 Å². The van der Waals surface area contributed by atoms with Gasteiger partial charge in [0, 0.05) is 24.3 Å². The Hall–Kier alpha value is -2.63. The lowest BCUT2D eigenvalue weighted by Crippen LogP contribution is -2.39. The summed E-state index contributed by atoms with van der Waals surface area (Å²) in [6.07, 6.45) is 6.31. The second-order valence-electron chi connectivity index (χ2n) is 6.02. The number of aromatic nitrogens is 2. The molecule has 24 heavy (non-hydrogen) atoms. The summed E-state index contributed by atoms with van der Waals surface area (Å²) in [5.74, 6) is 0.650. The maximum atomic E-state index is 11.1. The number of carboxylic acids is 1. The smallest absolute Gasteiger partial charge is 0.335 e. The van der Waals surface area contributed by atoms with Crippen molar-refractivity contribution < 1.29 is 9.90 Å². The Kier molecular flexibility index (Phi) is 4.93. The van der Waals surface area contributed by atoms with Crippen molar-refractivity contribution in [2.75, 3.05) is 16.8 Å². The van der Waals surface area contributed by atoms with Crippen LogP contribution in [0.2, 0.25) is 0 Å². The molecule has 6 heteroatoms. The van der Waals surface area contributed by atoms with Gasteiger partial charge in [-0.25, -0.2) is 14.8 Å². The van der Waals surface area contributed by atoms with Crippen LogP contribution in [-0.4, -0.2) is 33.6 Å². The first-order valence-electron chi connectivity index (χ1n) is 8.36. The topological polar surface area (TPSA) is 78.4 Å². The molecule has 1 fully saturated rings. The summed E-state index contributed by atoms with van der Waals surface area (Å²) in [5.41, 5.74) is 0.946. The van der Waals surface area contributed by atoms with Gasteiger partial charge in [-0.2, -0.15) is 0 Å². The van der Waals surface area contributed by atoms with E-state index in [1.54, 1.807) is 24.5 Å². The van der Waals surface area contributed by atoms with Crippen molar-refractivity contribution in [2.24, 2.45) is 0 Å². The van der Waals surface area contributed by atoms with E-state index in [1.165, 1.54) is 19.3 Å². The van der Waals surface area contributed by atoms with Crippen molar-refractivity contribution in [1.82, 2.24) is 9.97 Å². The van der Waals surface area contributed by atoms with E-state index in [0.29, 0.717) is 17.5 Å². The summed E-state index contributed by atoms with van der Waals surface area (Å²) in [7, 11) is 0. The molecule has 1 unspecified atom stereocenters. The zero-order chi connectivity index (χ0) is 16.9. The SMILES string of the molecule is CCC1CCCCN1c1cc(Nc2cccc(C(=O)O)c2)ncn1. The molecule has 6 nitrogen and oxygen atoms in total. The van der Waals surface area contributed by atoms with Crippen LogP contribution >= 0.6 is 0 Å². The lowest BCUT2D eigenvalue weighted by Gasteiger charge is -2.36. The van der Waals surface area contributed by atoms with Crippen molar-refractivity contribution >= 4 is 23.3 Å². The van der Waals surface area contributed by atoms with Crippen molar-refractivity contribution in [3.05, 3.63) is 42.2 Å². The van der Waals surface area contributed by atoms with E-state index in [2.05, 4.69) is 27.1 Å². The zero-order valence-electron chi connectivity index (χ0n) is 13.8. The number of piperidine rings is 1. The maximum Gasteiger partial charge on any atom is 0.335 e. The van der Waals surface area contributed by atoms with Gasteiger partial charge in [0.25, 0.3) is 0 Å². The van der Waals surface area contributed by atoms with Crippen LogP contribution in [0.1, 0.15) is 43.0 Å². The number of hydrogen-bond donors (Lipinski definition) is 2. The predicted molar refractivity (Wildman–Crippen MR) is 94.0 cm³/mol. The fraction of sp³-hybridized carbons (Fsp3) is 0.389. The summed E-state index contributed by atoms with van der Waals surface area (Å²) >= 11 is 0. The van der Waals surface area contributed by atoms with Crippen LogP contribution in [0, 0.1) is 0 Å². The minimum absolute atomic E-state index is 0.247. The van der Waals surface area contributed by atoms with Gasteiger partial charge >= 0.3 is 5.97 Å². The monoisotopic (exact) mass is 326 g/mol. The van der Waals surface area contributed by atoms with Crippen molar-refractivity contribution in [1.29, 1.82) is 0 Å². The molecular formula is C18H22N4O2. The molecule has 1 atom stereocenters. The Bertz CT molecular complexity index is 720. The first-order valence-corrected chi connectivity index (χ1v) is 8.36. The highest BCUT2D eigenvalue weighted by Crippen LogP contribution is 2.26. The Morgan fingerprint density at radius 1 is 1.33 bits per heavy atom. The number of hydrogen-bond acceptors (Lipinski definition) is 5. The Labute approximate surface area is 141 Å². The highest BCUT2D eigenvalue weighted by molar-refractivity contribution is 5.89. The van der Waals surface area contributed by atoms with E-state index in [-0.39, 0.29) is 5.56 Å². The summed E-state index contributed by atoms with van der Waals surface area (Å²) in [4.78, 5) is 22.1. The normalized spacial score (nSPS) is 17.5. The second-order valence-corrected chi connectivity index (χ2v) is 6.02. The molecule has 0 spiro atoms. The van der Waals surface area contributed by atoms with Gasteiger partial charge in [-0.15, -0.1) is 0 Å². The standard InChI is InChI=1S/C18H22N4O2/c1-2-15-8-3-4-9-22(15)17-11-16(19-12-20-17)21-14-7-5-6-13(10-14)18(23)24/h5-7,10-12,15H,2-4,8-9H2,1H3,(H,23,24)(H,19,20,21). The van der Waals surface area contributed by atoms with Crippen LogP contribution in [0.25, 0.3) is 0 Å². The van der Waals surface area contributed by atoms with Crippen molar-refractivity contribution in [2.45, 2.75) is 38.6 Å². The van der Waals surface area contributed by atoms with Crippen LogP contribution in [0.15, 0.2) is 36.7 Å². The molecule has 2 N–H and O–H groups in total. The molecule has 126 valence electrons. The highest BCUT2D eigenvalue weighted by atomic mass is 16.4. The number of nitrogens with zero attached hydrogens (tertiary/aromatic N) is 3. The first kappa shape index (κ1) is 16.2. The molecule has 0 amide bonds. The van der Waals surface area contributed by atoms with Gasteiger partial charge in [0.1, 0.15) is 18.0 Å². The molecule has 1 saturated heterocycles. The predicted octanol–water partition coefficient (Wildman–Crippen LogP) is 3.69. The molecule has 0 bridgehead atoms. The quantitative estimate of drug-likeness (QED) is 0.872. The van der Waals surface area contributed by atoms with E-state index in [9.17, 15) is 4.79 Å². The van der Waals surface area contributed by atoms with Crippen LogP contribution < -0.4 is 10.2 Å². The van der Waals surface area contributed by atoms with Crippen LogP contribution in [0.4, 0.5) is 17.3 Å². The minimum atomic E-state index is -0.943. The average molecular weight is 326 g/mol. The molecule has 0 radical (unpaired) electrons. The lowest BCUT2D eigenvalue weighted by molar-refractivity contribution is 0.0697. The van der Waals surface area contributed by atoms with Gasteiger partial charge in [0.05, 0.1) is 5.56 Å². The van der Waals surface area contributed by atoms with Crippen LogP contribution in [0.3, 0.4) is 0 Å². The van der Waals surface area contributed by atoms with Crippen LogP contribution in [0.5, 0.6) is 0 Å². The number of benzene rings is 1. The number of carboxylic acid groups (broad SMARTS) is 1. The molecule has 1 aliphatic rings. The van der Waals surface area contributed by atoms with Crippen molar-refractivity contribution in [3.63, 3.8) is 0 Å². The van der Waals surface area contributed by atoms with Crippen LogP contribution in [-0.2, 0) is 0 Å². The van der Waals surface area contributed by atoms with Gasteiger partial charge in [-0.1, -0.05) is 13.0 Å². The minimum Gasteiger partial charge on any atom is -0.478 e. The van der Waals surface area contributed by atoms with Gasteiger partial charge < -0.3 is 15.3 Å². The number of rotatable bonds is 5. The highest BCUT2D eigenvalue weighted by Gasteiger charge is 2.22. The summed E-state index contributed by atoms with van der Waals surface area (Å²) in [6.45, 7) is 3.23.